The van der Waals surface area contributed by atoms with Crippen LogP contribution in [0.1, 0.15) is 63.5 Å². The van der Waals surface area contributed by atoms with E-state index in [0.29, 0.717) is 47.1 Å². The van der Waals surface area contributed by atoms with Gasteiger partial charge in [-0.2, -0.15) is 11.8 Å². The molecular weight excluding hydrogens is 506 g/mol. The fourth-order valence-corrected chi connectivity index (χ4v) is 5.70. The van der Waals surface area contributed by atoms with Crippen LogP contribution in [-0.4, -0.2) is 36.0 Å². The van der Waals surface area contributed by atoms with Crippen molar-refractivity contribution in [1.82, 2.24) is 5.32 Å². The first-order chi connectivity index (χ1) is 17.8. The van der Waals surface area contributed by atoms with Crippen molar-refractivity contribution in [3.8, 4) is 5.75 Å². The predicted molar refractivity (Wildman–Crippen MR) is 150 cm³/mol. The van der Waals surface area contributed by atoms with Gasteiger partial charge in [-0.05, 0) is 62.6 Å². The van der Waals surface area contributed by atoms with Gasteiger partial charge in [0.05, 0.1) is 17.6 Å². The van der Waals surface area contributed by atoms with E-state index in [9.17, 15) is 9.59 Å². The number of benzene rings is 2. The lowest BCUT2D eigenvalue weighted by molar-refractivity contribution is -0.138. The van der Waals surface area contributed by atoms with Crippen LogP contribution >= 0.6 is 23.4 Å². The minimum atomic E-state index is -0.559. The highest BCUT2D eigenvalue weighted by molar-refractivity contribution is 7.99. The molecule has 1 N–H and O–H groups in total. The third-order valence-electron chi connectivity index (χ3n) is 6.65. The van der Waals surface area contributed by atoms with Crippen molar-refractivity contribution < 1.29 is 19.1 Å². The summed E-state index contributed by atoms with van der Waals surface area (Å²) in [6, 6.07) is 15.4. The Labute approximate surface area is 228 Å². The van der Waals surface area contributed by atoms with Crippen LogP contribution in [0.2, 0.25) is 5.02 Å². The largest absolute Gasteiger partial charge is 0.491 e. The molecule has 196 valence electrons. The first-order valence-electron chi connectivity index (χ1n) is 12.8. The molecule has 1 aliphatic carbocycles. The molecule has 0 unspecified atom stereocenters. The number of esters is 1. The number of ketones is 1. The fraction of sp³-hybridized carbons (Fsp3) is 0.400. The van der Waals surface area contributed by atoms with Crippen LogP contribution in [-0.2, 0) is 14.3 Å². The third kappa shape index (κ3) is 6.24. The molecule has 1 aliphatic heterocycles. The van der Waals surface area contributed by atoms with Crippen molar-refractivity contribution in [3.63, 3.8) is 0 Å². The third-order valence-corrected chi connectivity index (χ3v) is 7.76. The van der Waals surface area contributed by atoms with Gasteiger partial charge in [-0.25, -0.2) is 4.79 Å². The lowest BCUT2D eigenvalue weighted by Gasteiger charge is -2.37. The van der Waals surface area contributed by atoms with Gasteiger partial charge >= 0.3 is 5.97 Å². The summed E-state index contributed by atoms with van der Waals surface area (Å²) in [7, 11) is 0. The van der Waals surface area contributed by atoms with E-state index < -0.39 is 11.9 Å². The zero-order valence-corrected chi connectivity index (χ0v) is 23.4. The molecule has 0 bridgehead atoms. The van der Waals surface area contributed by atoms with Gasteiger partial charge in [-0.3, -0.25) is 4.79 Å². The molecule has 5 nitrogen and oxygen atoms in total. The van der Waals surface area contributed by atoms with Crippen LogP contribution in [0.5, 0.6) is 5.75 Å². The van der Waals surface area contributed by atoms with E-state index in [0.717, 1.165) is 28.3 Å². The maximum absolute atomic E-state index is 13.8. The number of dihydropyridines is 1. The lowest BCUT2D eigenvalue weighted by atomic mass is 9.71. The maximum atomic E-state index is 13.8. The smallest absolute Gasteiger partial charge is 0.336 e. The summed E-state index contributed by atoms with van der Waals surface area (Å²) in [6.07, 6.45) is 0.971. The Hall–Kier alpha value is -2.70. The zero-order chi connectivity index (χ0) is 26.5. The summed E-state index contributed by atoms with van der Waals surface area (Å²) in [5.74, 6) is 1.46. The van der Waals surface area contributed by atoms with Crippen LogP contribution in [0.4, 0.5) is 0 Å². The molecule has 0 spiro atoms. The van der Waals surface area contributed by atoms with E-state index in [1.807, 2.05) is 69.3 Å². The average Bonchev–Trinajstić information content (AvgIpc) is 2.86. The van der Waals surface area contributed by atoms with Gasteiger partial charge in [0.15, 0.2) is 5.78 Å². The van der Waals surface area contributed by atoms with Gasteiger partial charge < -0.3 is 14.8 Å². The van der Waals surface area contributed by atoms with E-state index >= 15 is 0 Å². The molecule has 0 saturated carbocycles. The first kappa shape index (κ1) is 27.3. The monoisotopic (exact) mass is 539 g/mol. The number of carbonyl (C=O) groups excluding carboxylic acids is 2. The van der Waals surface area contributed by atoms with Gasteiger partial charge in [0.2, 0.25) is 0 Å². The van der Waals surface area contributed by atoms with Gasteiger partial charge in [0.1, 0.15) is 12.4 Å². The quantitative estimate of drug-likeness (QED) is 0.280. The van der Waals surface area contributed by atoms with E-state index in [1.54, 1.807) is 11.8 Å². The second-order valence-electron chi connectivity index (χ2n) is 9.61. The van der Waals surface area contributed by atoms with E-state index in [2.05, 4.69) is 12.2 Å². The molecule has 7 heteroatoms. The summed E-state index contributed by atoms with van der Waals surface area (Å²) in [4.78, 5) is 27.3. The van der Waals surface area contributed by atoms with Crippen molar-refractivity contribution in [3.05, 3.63) is 87.2 Å². The zero-order valence-electron chi connectivity index (χ0n) is 21.8. The molecule has 37 heavy (non-hydrogen) atoms. The van der Waals surface area contributed by atoms with Crippen molar-refractivity contribution in [1.29, 1.82) is 0 Å². The summed E-state index contributed by atoms with van der Waals surface area (Å²) < 4.78 is 11.8. The topological polar surface area (TPSA) is 64.6 Å². The van der Waals surface area contributed by atoms with Gasteiger partial charge in [-0.15, -0.1) is 0 Å². The number of hydrogen-bond donors (Lipinski definition) is 1. The van der Waals surface area contributed by atoms with Crippen LogP contribution in [0.25, 0.3) is 0 Å². The van der Waals surface area contributed by atoms with E-state index in [1.165, 1.54) is 0 Å². The standard InChI is InChI=1S/C30H34ClNO4S/c1-5-37-15-14-35-30(34)27-19(4)32-24-16-21(20-10-12-22(31)13-11-20)17-25(33)29(24)28(27)23-8-6-7-9-26(23)36-18(2)3/h6-13,18,21,28,32H,5,14-17H2,1-4H3/t21-,28-/m0/s1. The second kappa shape index (κ2) is 12.2. The normalized spacial score (nSPS) is 19.6. The molecule has 0 aromatic heterocycles. The van der Waals surface area contributed by atoms with E-state index in [4.69, 9.17) is 21.1 Å². The number of halogens is 1. The number of carbonyl (C=O) groups is 2. The fourth-order valence-electron chi connectivity index (χ4n) is 5.09. The van der Waals surface area contributed by atoms with Crippen molar-refractivity contribution in [2.24, 2.45) is 0 Å². The summed E-state index contributed by atoms with van der Waals surface area (Å²) in [5.41, 5.74) is 4.55. The van der Waals surface area contributed by atoms with Gasteiger partial charge in [0.25, 0.3) is 0 Å². The molecule has 2 aliphatic rings. The number of allylic oxidation sites excluding steroid dienone is 3. The molecule has 2 aromatic rings. The first-order valence-corrected chi connectivity index (χ1v) is 14.3. The molecule has 0 amide bonds. The van der Waals surface area contributed by atoms with Crippen molar-refractivity contribution >= 4 is 35.1 Å². The molecule has 0 fully saturated rings. The predicted octanol–water partition coefficient (Wildman–Crippen LogP) is 6.79. The molecule has 0 saturated heterocycles. The summed E-state index contributed by atoms with van der Waals surface area (Å²) >= 11 is 7.82. The Bertz CT molecular complexity index is 1220. The van der Waals surface area contributed by atoms with Gasteiger partial charge in [-0.1, -0.05) is 48.9 Å². The Morgan fingerprint density at radius 1 is 1.14 bits per heavy atom. The average molecular weight is 540 g/mol. The number of rotatable bonds is 9. The lowest BCUT2D eigenvalue weighted by Crippen LogP contribution is -2.36. The number of para-hydroxylation sites is 1. The minimum absolute atomic E-state index is 0.0254. The molecular formula is C30H34ClNO4S. The molecule has 0 radical (unpaired) electrons. The van der Waals surface area contributed by atoms with Crippen LogP contribution in [0.15, 0.2) is 71.1 Å². The van der Waals surface area contributed by atoms with Crippen LogP contribution in [0, 0.1) is 0 Å². The van der Waals surface area contributed by atoms with Crippen LogP contribution < -0.4 is 10.1 Å². The highest BCUT2D eigenvalue weighted by Gasteiger charge is 2.42. The van der Waals surface area contributed by atoms with Crippen molar-refractivity contribution in [2.75, 3.05) is 18.1 Å². The number of nitrogens with one attached hydrogen (secondary N) is 1. The number of Topliss-reactive ketones (excluding diaryl/α,β-unsaturated/α-hetero) is 1. The number of ether oxygens (including phenoxy) is 2. The Balaban J connectivity index is 1.76. The highest BCUT2D eigenvalue weighted by Crippen LogP contribution is 2.47. The summed E-state index contributed by atoms with van der Waals surface area (Å²) in [5, 5.41) is 4.09. The second-order valence-corrected chi connectivity index (χ2v) is 11.4. The summed E-state index contributed by atoms with van der Waals surface area (Å²) in [6.45, 7) is 8.22. The molecule has 4 rings (SSSR count). The van der Waals surface area contributed by atoms with Gasteiger partial charge in [0, 0.05) is 39.7 Å². The molecule has 2 aromatic carbocycles. The van der Waals surface area contributed by atoms with E-state index in [-0.39, 0.29) is 17.8 Å². The highest BCUT2D eigenvalue weighted by atomic mass is 35.5. The minimum Gasteiger partial charge on any atom is -0.491 e. The Kier molecular flexibility index (Phi) is 9.04. The Morgan fingerprint density at radius 2 is 1.86 bits per heavy atom. The number of thioether (sulfide) groups is 1. The number of hydrogen-bond acceptors (Lipinski definition) is 6. The maximum Gasteiger partial charge on any atom is 0.336 e. The molecule has 2 atom stereocenters. The SMILES string of the molecule is CCSCCOC(=O)C1=C(C)NC2=C(C(=O)C[C@@H](c3ccc(Cl)cc3)C2)[C@H]1c1ccccc1OC(C)C. The molecule has 1 heterocycles. The Morgan fingerprint density at radius 3 is 2.57 bits per heavy atom. The van der Waals surface area contributed by atoms with Crippen molar-refractivity contribution in [2.45, 2.75) is 58.5 Å². The van der Waals surface area contributed by atoms with Crippen LogP contribution in [0.3, 0.4) is 0 Å².